The normalized spacial score (nSPS) is 9.69. The first-order chi connectivity index (χ1) is 6.09. The van der Waals surface area contributed by atoms with Gasteiger partial charge in [-0.1, -0.05) is 18.2 Å². The number of nitrogens with zero attached hydrogens (tertiary/aromatic N) is 1. The lowest BCUT2D eigenvalue weighted by Crippen LogP contribution is -2.05. The van der Waals surface area contributed by atoms with Gasteiger partial charge in [-0.3, -0.25) is 0 Å². The highest BCUT2D eigenvalue weighted by atomic mass is 79.9. The van der Waals surface area contributed by atoms with Crippen LogP contribution in [0.3, 0.4) is 0 Å². The van der Waals surface area contributed by atoms with Crippen LogP contribution in [-0.2, 0) is 0 Å². The molecule has 0 saturated carbocycles. The fourth-order valence-corrected chi connectivity index (χ4v) is 1.20. The minimum atomic E-state index is 0.459. The molecule has 0 bridgehead atoms. The fourth-order valence-electron chi connectivity index (χ4n) is 0.782. The monoisotopic (exact) mass is 261 g/mol. The fraction of sp³-hybridized carbons (Fsp3) is 0.125. The number of pyridine rings is 1. The van der Waals surface area contributed by atoms with E-state index in [-0.39, 0.29) is 0 Å². The molecule has 5 heteroatoms. The van der Waals surface area contributed by atoms with Gasteiger partial charge in [-0.25, -0.2) is 4.98 Å². The smallest absolute Gasteiger partial charge is 0.149 e. The van der Waals surface area contributed by atoms with E-state index in [1.165, 1.54) is 0 Å². The zero-order valence-corrected chi connectivity index (χ0v) is 9.19. The Balaban J connectivity index is 2.72. The van der Waals surface area contributed by atoms with Crippen LogP contribution in [0, 0.1) is 0 Å². The molecule has 0 spiro atoms. The van der Waals surface area contributed by atoms with Crippen molar-refractivity contribution in [2.24, 2.45) is 0 Å². The van der Waals surface area contributed by atoms with Gasteiger partial charge >= 0.3 is 0 Å². The molecular formula is C8H9BrClN3. The number of nitrogens with one attached hydrogen (secondary N) is 1. The maximum absolute atomic E-state index is 5.68. The van der Waals surface area contributed by atoms with Crippen LogP contribution in [0.15, 0.2) is 28.3 Å². The average Bonchev–Trinajstić information content (AvgIpc) is 2.02. The molecule has 0 unspecified atom stereocenters. The SMILES string of the molecule is C=C(Cl)CNc1ncc(Br)cc1N. The van der Waals surface area contributed by atoms with Gasteiger partial charge in [0.15, 0.2) is 0 Å². The molecule has 0 saturated heterocycles. The third kappa shape index (κ3) is 3.24. The molecule has 0 atom stereocenters. The minimum absolute atomic E-state index is 0.459. The van der Waals surface area contributed by atoms with Gasteiger partial charge in [0.2, 0.25) is 0 Å². The maximum Gasteiger partial charge on any atom is 0.149 e. The summed E-state index contributed by atoms with van der Waals surface area (Å²) in [5, 5.41) is 3.47. The maximum atomic E-state index is 5.68. The molecule has 1 aromatic rings. The van der Waals surface area contributed by atoms with Crippen molar-refractivity contribution in [1.29, 1.82) is 0 Å². The van der Waals surface area contributed by atoms with Gasteiger partial charge in [0.1, 0.15) is 5.82 Å². The second-order valence-electron chi connectivity index (χ2n) is 2.46. The Hall–Kier alpha value is -0.740. The van der Waals surface area contributed by atoms with Crippen LogP contribution in [0.2, 0.25) is 0 Å². The van der Waals surface area contributed by atoms with Crippen LogP contribution in [0.4, 0.5) is 11.5 Å². The van der Waals surface area contributed by atoms with Crippen LogP contribution in [0.5, 0.6) is 0 Å². The van der Waals surface area contributed by atoms with Gasteiger partial charge in [0, 0.05) is 15.7 Å². The molecule has 0 aliphatic carbocycles. The second kappa shape index (κ2) is 4.48. The van der Waals surface area contributed by atoms with Crippen molar-refractivity contribution in [3.05, 3.63) is 28.3 Å². The number of aromatic nitrogens is 1. The van der Waals surface area contributed by atoms with Crippen molar-refractivity contribution in [2.45, 2.75) is 0 Å². The van der Waals surface area contributed by atoms with Crippen LogP contribution >= 0.6 is 27.5 Å². The Morgan fingerprint density at radius 3 is 3.00 bits per heavy atom. The molecule has 0 fully saturated rings. The Morgan fingerprint density at radius 2 is 2.46 bits per heavy atom. The summed E-state index contributed by atoms with van der Waals surface area (Å²) in [4.78, 5) is 4.07. The Kier molecular flexibility index (Phi) is 3.57. The zero-order valence-electron chi connectivity index (χ0n) is 6.85. The molecule has 0 radical (unpaired) electrons. The summed E-state index contributed by atoms with van der Waals surface area (Å²) in [6, 6.07) is 1.77. The molecule has 13 heavy (non-hydrogen) atoms. The van der Waals surface area contributed by atoms with Crippen LogP contribution in [-0.4, -0.2) is 11.5 Å². The number of rotatable bonds is 3. The standard InChI is InChI=1S/C8H9BrClN3/c1-5(10)3-12-8-7(11)2-6(9)4-13-8/h2,4H,1,3,11H2,(H,12,13). The number of nitrogen functional groups attached to an aromatic ring is 1. The van der Waals surface area contributed by atoms with Gasteiger partial charge < -0.3 is 11.1 Å². The van der Waals surface area contributed by atoms with Crippen molar-refractivity contribution in [2.75, 3.05) is 17.6 Å². The number of anilines is 2. The van der Waals surface area contributed by atoms with Gasteiger partial charge in [0.05, 0.1) is 12.2 Å². The van der Waals surface area contributed by atoms with Crippen LogP contribution in [0.1, 0.15) is 0 Å². The Labute approximate surface area is 90.1 Å². The molecule has 70 valence electrons. The van der Waals surface area contributed by atoms with E-state index in [9.17, 15) is 0 Å². The molecule has 1 aromatic heterocycles. The lowest BCUT2D eigenvalue weighted by atomic mass is 10.4. The van der Waals surface area contributed by atoms with Crippen LogP contribution < -0.4 is 11.1 Å². The van der Waals surface area contributed by atoms with E-state index in [1.807, 2.05) is 0 Å². The van der Waals surface area contributed by atoms with Crippen molar-refractivity contribution in [3.63, 3.8) is 0 Å². The van der Waals surface area contributed by atoms with E-state index < -0.39 is 0 Å². The third-order valence-electron chi connectivity index (χ3n) is 1.33. The number of nitrogens with two attached hydrogens (primary N) is 1. The summed E-state index contributed by atoms with van der Waals surface area (Å²) in [7, 11) is 0. The summed E-state index contributed by atoms with van der Waals surface area (Å²) < 4.78 is 0.847. The van der Waals surface area contributed by atoms with E-state index in [0.717, 1.165) is 4.47 Å². The zero-order chi connectivity index (χ0) is 9.84. The van der Waals surface area contributed by atoms with Crippen LogP contribution in [0.25, 0.3) is 0 Å². The molecule has 3 N–H and O–H groups in total. The minimum Gasteiger partial charge on any atom is -0.396 e. The highest BCUT2D eigenvalue weighted by Gasteiger charge is 2.00. The molecule has 0 aliphatic heterocycles. The molecule has 1 heterocycles. The van der Waals surface area contributed by atoms with E-state index in [2.05, 4.69) is 32.8 Å². The van der Waals surface area contributed by atoms with Gasteiger partial charge in [-0.15, -0.1) is 0 Å². The Bertz CT molecular complexity index is 327. The third-order valence-corrected chi connectivity index (χ3v) is 1.90. The molecule has 0 amide bonds. The summed E-state index contributed by atoms with van der Waals surface area (Å²) in [5.74, 6) is 0.616. The quantitative estimate of drug-likeness (QED) is 0.880. The first-order valence-electron chi connectivity index (χ1n) is 3.58. The summed E-state index contributed by atoms with van der Waals surface area (Å²) in [6.07, 6.45) is 1.66. The first kappa shape index (κ1) is 10.3. The lowest BCUT2D eigenvalue weighted by molar-refractivity contribution is 1.21. The number of hydrogen-bond donors (Lipinski definition) is 2. The first-order valence-corrected chi connectivity index (χ1v) is 4.75. The van der Waals surface area contributed by atoms with Crippen molar-refractivity contribution in [1.82, 2.24) is 4.98 Å². The topological polar surface area (TPSA) is 50.9 Å². The molecule has 3 nitrogen and oxygen atoms in total. The highest BCUT2D eigenvalue weighted by molar-refractivity contribution is 9.10. The highest BCUT2D eigenvalue weighted by Crippen LogP contribution is 2.19. The van der Waals surface area contributed by atoms with Gasteiger partial charge in [-0.2, -0.15) is 0 Å². The largest absolute Gasteiger partial charge is 0.396 e. The average molecular weight is 263 g/mol. The Morgan fingerprint density at radius 1 is 1.77 bits per heavy atom. The van der Waals surface area contributed by atoms with E-state index in [1.54, 1.807) is 12.3 Å². The van der Waals surface area contributed by atoms with E-state index in [4.69, 9.17) is 17.3 Å². The predicted octanol–water partition coefficient (Wildman–Crippen LogP) is 2.59. The molecule has 1 rings (SSSR count). The van der Waals surface area contributed by atoms with Crippen molar-refractivity contribution >= 4 is 39.0 Å². The van der Waals surface area contributed by atoms with Gasteiger partial charge in [-0.05, 0) is 22.0 Å². The number of hydrogen-bond acceptors (Lipinski definition) is 3. The molecule has 0 aliphatic rings. The molecule has 0 aromatic carbocycles. The van der Waals surface area contributed by atoms with Crippen molar-refractivity contribution in [3.8, 4) is 0 Å². The van der Waals surface area contributed by atoms with E-state index >= 15 is 0 Å². The predicted molar refractivity (Wildman–Crippen MR) is 59.8 cm³/mol. The van der Waals surface area contributed by atoms with Gasteiger partial charge in [0.25, 0.3) is 0 Å². The summed E-state index contributed by atoms with van der Waals surface area (Å²) in [6.45, 7) is 4.00. The summed E-state index contributed by atoms with van der Waals surface area (Å²) >= 11 is 8.84. The number of halogens is 2. The second-order valence-corrected chi connectivity index (χ2v) is 3.91. The van der Waals surface area contributed by atoms with E-state index in [0.29, 0.717) is 23.1 Å². The lowest BCUT2D eigenvalue weighted by Gasteiger charge is -2.06. The molecular weight excluding hydrogens is 253 g/mol. The van der Waals surface area contributed by atoms with Crippen molar-refractivity contribution < 1.29 is 0 Å². The summed E-state index contributed by atoms with van der Waals surface area (Å²) in [5.41, 5.74) is 6.26.